The third-order valence-corrected chi connectivity index (χ3v) is 2.74. The maximum Gasteiger partial charge on any atom is 0.0633 e. The Morgan fingerprint density at radius 3 is 2.64 bits per heavy atom. The molecule has 0 aromatic carbocycles. The van der Waals surface area contributed by atoms with Gasteiger partial charge in [-0.3, -0.25) is 0 Å². The molecule has 1 aliphatic rings. The van der Waals surface area contributed by atoms with E-state index < -0.39 is 0 Å². The van der Waals surface area contributed by atoms with Crippen LogP contribution in [0.1, 0.15) is 33.1 Å². The van der Waals surface area contributed by atoms with Crippen molar-refractivity contribution in [1.82, 2.24) is 0 Å². The molecule has 0 aromatic rings. The van der Waals surface area contributed by atoms with Crippen molar-refractivity contribution >= 4 is 0 Å². The van der Waals surface area contributed by atoms with E-state index in [9.17, 15) is 5.11 Å². The summed E-state index contributed by atoms with van der Waals surface area (Å²) in [5.41, 5.74) is 0. The van der Waals surface area contributed by atoms with Crippen molar-refractivity contribution in [2.24, 2.45) is 11.8 Å². The first-order valence-corrected chi connectivity index (χ1v) is 4.64. The highest BCUT2D eigenvalue weighted by atomic mass is 16.3. The monoisotopic (exact) mass is 154 g/mol. The molecule has 0 heterocycles. The van der Waals surface area contributed by atoms with Crippen LogP contribution in [-0.4, -0.2) is 11.2 Å². The van der Waals surface area contributed by atoms with E-state index in [0.717, 1.165) is 19.3 Å². The smallest absolute Gasteiger partial charge is 0.0633 e. The Kier molecular flexibility index (Phi) is 3.13. The van der Waals surface area contributed by atoms with Crippen LogP contribution in [0.4, 0.5) is 0 Å². The molecule has 1 aliphatic carbocycles. The van der Waals surface area contributed by atoms with Gasteiger partial charge in [-0.05, 0) is 18.8 Å². The highest BCUT2D eigenvalue weighted by Gasteiger charge is 2.25. The molecular weight excluding hydrogens is 136 g/mol. The minimum atomic E-state index is -0.0880. The summed E-state index contributed by atoms with van der Waals surface area (Å²) >= 11 is 0. The maximum absolute atomic E-state index is 9.78. The molecule has 1 rings (SSSR count). The summed E-state index contributed by atoms with van der Waals surface area (Å²) in [6.07, 6.45) is 7.52. The zero-order valence-corrected chi connectivity index (χ0v) is 7.46. The summed E-state index contributed by atoms with van der Waals surface area (Å²) in [6, 6.07) is 0. The molecule has 0 aliphatic heterocycles. The molecular formula is C10H18O. The average Bonchev–Trinajstić information content (AvgIpc) is 2.05. The van der Waals surface area contributed by atoms with Crippen molar-refractivity contribution in [2.45, 2.75) is 39.2 Å². The van der Waals surface area contributed by atoms with Crippen LogP contribution in [0.3, 0.4) is 0 Å². The molecule has 0 bridgehead atoms. The summed E-state index contributed by atoms with van der Waals surface area (Å²) in [7, 11) is 0. The number of hydrogen-bond donors (Lipinski definition) is 1. The van der Waals surface area contributed by atoms with Gasteiger partial charge in [0.05, 0.1) is 6.10 Å². The number of aliphatic hydroxyl groups excluding tert-OH is 1. The second-order valence-corrected chi connectivity index (χ2v) is 3.39. The Morgan fingerprint density at radius 1 is 1.36 bits per heavy atom. The van der Waals surface area contributed by atoms with E-state index in [1.165, 1.54) is 0 Å². The van der Waals surface area contributed by atoms with E-state index >= 15 is 0 Å². The van der Waals surface area contributed by atoms with Crippen LogP contribution in [0.2, 0.25) is 0 Å². The normalized spacial score (nSPS) is 37.5. The van der Waals surface area contributed by atoms with Gasteiger partial charge in [0, 0.05) is 5.92 Å². The van der Waals surface area contributed by atoms with Gasteiger partial charge in [0.1, 0.15) is 0 Å². The van der Waals surface area contributed by atoms with E-state index in [-0.39, 0.29) is 6.10 Å². The first-order chi connectivity index (χ1) is 5.29. The Bertz CT molecular complexity index is 140. The SMILES string of the molecule is CCC1C=CCC(CC)C1O. The van der Waals surface area contributed by atoms with Gasteiger partial charge < -0.3 is 5.11 Å². The second kappa shape index (κ2) is 3.91. The van der Waals surface area contributed by atoms with Crippen LogP contribution < -0.4 is 0 Å². The van der Waals surface area contributed by atoms with Crippen molar-refractivity contribution in [2.75, 3.05) is 0 Å². The predicted molar refractivity (Wildman–Crippen MR) is 47.3 cm³/mol. The molecule has 0 amide bonds. The lowest BCUT2D eigenvalue weighted by Gasteiger charge is -2.29. The Balaban J connectivity index is 2.57. The Morgan fingerprint density at radius 2 is 2.09 bits per heavy atom. The zero-order valence-electron chi connectivity index (χ0n) is 7.46. The van der Waals surface area contributed by atoms with E-state index in [0.29, 0.717) is 11.8 Å². The topological polar surface area (TPSA) is 20.2 Å². The first-order valence-electron chi connectivity index (χ1n) is 4.64. The van der Waals surface area contributed by atoms with Gasteiger partial charge in [-0.25, -0.2) is 0 Å². The molecule has 64 valence electrons. The molecule has 1 nitrogen and oxygen atoms in total. The summed E-state index contributed by atoms with van der Waals surface area (Å²) < 4.78 is 0. The standard InChI is InChI=1S/C10H18O/c1-3-8-6-5-7-9(4-2)10(8)11/h5-6,8-11H,3-4,7H2,1-2H3. The minimum absolute atomic E-state index is 0.0880. The van der Waals surface area contributed by atoms with Crippen LogP contribution in [0, 0.1) is 11.8 Å². The minimum Gasteiger partial charge on any atom is -0.392 e. The first kappa shape index (κ1) is 8.79. The molecule has 0 aromatic heterocycles. The van der Waals surface area contributed by atoms with Crippen LogP contribution in [0.5, 0.6) is 0 Å². The van der Waals surface area contributed by atoms with E-state index in [2.05, 4.69) is 26.0 Å². The number of rotatable bonds is 2. The third-order valence-electron chi connectivity index (χ3n) is 2.74. The van der Waals surface area contributed by atoms with Crippen molar-refractivity contribution < 1.29 is 5.11 Å². The highest BCUT2D eigenvalue weighted by Crippen LogP contribution is 2.27. The molecule has 1 N–H and O–H groups in total. The molecule has 0 saturated heterocycles. The van der Waals surface area contributed by atoms with Crippen LogP contribution in [0.15, 0.2) is 12.2 Å². The largest absolute Gasteiger partial charge is 0.392 e. The summed E-state index contributed by atoms with van der Waals surface area (Å²) in [5, 5.41) is 9.78. The molecule has 3 atom stereocenters. The lowest BCUT2D eigenvalue weighted by atomic mass is 9.81. The molecule has 11 heavy (non-hydrogen) atoms. The maximum atomic E-state index is 9.78. The fraction of sp³-hybridized carbons (Fsp3) is 0.800. The summed E-state index contributed by atoms with van der Waals surface area (Å²) in [4.78, 5) is 0. The predicted octanol–water partition coefficient (Wildman–Crippen LogP) is 2.36. The van der Waals surface area contributed by atoms with Crippen molar-refractivity contribution in [3.05, 3.63) is 12.2 Å². The second-order valence-electron chi connectivity index (χ2n) is 3.39. The van der Waals surface area contributed by atoms with Crippen molar-refractivity contribution in [1.29, 1.82) is 0 Å². The van der Waals surface area contributed by atoms with Gasteiger partial charge in [-0.1, -0.05) is 32.4 Å². The van der Waals surface area contributed by atoms with Crippen LogP contribution in [-0.2, 0) is 0 Å². The van der Waals surface area contributed by atoms with E-state index in [1.807, 2.05) is 0 Å². The van der Waals surface area contributed by atoms with Crippen molar-refractivity contribution in [3.63, 3.8) is 0 Å². The van der Waals surface area contributed by atoms with Crippen LogP contribution in [0.25, 0.3) is 0 Å². The lowest BCUT2D eigenvalue weighted by Crippen LogP contribution is -2.29. The summed E-state index contributed by atoms with van der Waals surface area (Å²) in [5.74, 6) is 0.915. The highest BCUT2D eigenvalue weighted by molar-refractivity contribution is 5.00. The quantitative estimate of drug-likeness (QED) is 0.605. The Labute approximate surface area is 69.1 Å². The fourth-order valence-corrected chi connectivity index (χ4v) is 1.82. The van der Waals surface area contributed by atoms with E-state index in [4.69, 9.17) is 0 Å². The van der Waals surface area contributed by atoms with Crippen LogP contribution >= 0.6 is 0 Å². The summed E-state index contributed by atoms with van der Waals surface area (Å²) in [6.45, 7) is 4.29. The molecule has 3 unspecified atom stereocenters. The van der Waals surface area contributed by atoms with Crippen molar-refractivity contribution in [3.8, 4) is 0 Å². The average molecular weight is 154 g/mol. The fourth-order valence-electron chi connectivity index (χ4n) is 1.82. The molecule has 0 radical (unpaired) electrons. The molecule has 0 fully saturated rings. The Hall–Kier alpha value is -0.300. The van der Waals surface area contributed by atoms with Gasteiger partial charge in [-0.15, -0.1) is 0 Å². The lowest BCUT2D eigenvalue weighted by molar-refractivity contribution is 0.0596. The van der Waals surface area contributed by atoms with Gasteiger partial charge in [0.2, 0.25) is 0 Å². The van der Waals surface area contributed by atoms with Gasteiger partial charge in [-0.2, -0.15) is 0 Å². The molecule has 0 spiro atoms. The van der Waals surface area contributed by atoms with Gasteiger partial charge in [0.25, 0.3) is 0 Å². The molecule has 0 saturated carbocycles. The number of allylic oxidation sites excluding steroid dienone is 1. The van der Waals surface area contributed by atoms with Gasteiger partial charge >= 0.3 is 0 Å². The number of hydrogen-bond acceptors (Lipinski definition) is 1. The molecule has 1 heteroatoms. The van der Waals surface area contributed by atoms with Gasteiger partial charge in [0.15, 0.2) is 0 Å². The zero-order chi connectivity index (χ0) is 8.27. The van der Waals surface area contributed by atoms with E-state index in [1.54, 1.807) is 0 Å². The number of aliphatic hydroxyl groups is 1. The third kappa shape index (κ3) is 1.84.